The van der Waals surface area contributed by atoms with Gasteiger partial charge in [-0.2, -0.15) is 5.26 Å². The zero-order valence-electron chi connectivity index (χ0n) is 21.0. The van der Waals surface area contributed by atoms with Crippen molar-refractivity contribution in [3.63, 3.8) is 0 Å². The number of aryl methyl sites for hydroxylation is 1. The maximum atomic E-state index is 12.7. The lowest BCUT2D eigenvalue weighted by Crippen LogP contribution is -2.38. The van der Waals surface area contributed by atoms with Crippen LogP contribution in [-0.4, -0.2) is 53.1 Å². The molecule has 0 N–H and O–H groups in total. The van der Waals surface area contributed by atoms with Crippen molar-refractivity contribution in [3.8, 4) is 34.0 Å². The first-order valence-electron chi connectivity index (χ1n) is 11.8. The lowest BCUT2D eigenvalue weighted by atomic mass is 10.1. The number of ether oxygens (including phenoxy) is 4. The van der Waals surface area contributed by atoms with Crippen molar-refractivity contribution in [3.05, 3.63) is 60.0 Å². The molecule has 3 aromatic heterocycles. The highest BCUT2D eigenvalue weighted by Crippen LogP contribution is 2.44. The Morgan fingerprint density at radius 1 is 1.18 bits per heavy atom. The number of aromatic nitrogens is 4. The molecule has 2 aromatic carbocycles. The van der Waals surface area contributed by atoms with Crippen LogP contribution in [0.25, 0.3) is 31.8 Å². The van der Waals surface area contributed by atoms with Gasteiger partial charge in [0, 0.05) is 18.8 Å². The quantitative estimate of drug-likeness (QED) is 0.311. The number of nitriles is 1. The summed E-state index contributed by atoms with van der Waals surface area (Å²) in [6.07, 6.45) is 2.83. The molecular weight excluding hydrogens is 520 g/mol. The number of amides is 1. The fourth-order valence-corrected chi connectivity index (χ4v) is 5.23. The number of hydrogen-bond donors (Lipinski definition) is 0. The maximum Gasteiger partial charge on any atom is 0.417 e. The van der Waals surface area contributed by atoms with Gasteiger partial charge in [-0.05, 0) is 42.8 Å². The third-order valence-electron chi connectivity index (χ3n) is 6.05. The number of nitrogens with zero attached hydrogens (tertiary/aromatic N) is 6. The number of pyridine rings is 1. The van der Waals surface area contributed by atoms with E-state index in [1.807, 2.05) is 31.2 Å². The summed E-state index contributed by atoms with van der Waals surface area (Å²) in [5, 5.41) is 9.84. The molecule has 0 aliphatic carbocycles. The van der Waals surface area contributed by atoms with Crippen LogP contribution in [0.15, 0.2) is 48.9 Å². The summed E-state index contributed by atoms with van der Waals surface area (Å²) < 4.78 is 23.5. The molecule has 0 saturated heterocycles. The molecule has 12 heteroatoms. The van der Waals surface area contributed by atoms with Crippen LogP contribution in [0.5, 0.6) is 17.4 Å². The van der Waals surface area contributed by atoms with Gasteiger partial charge < -0.3 is 18.9 Å². The van der Waals surface area contributed by atoms with Gasteiger partial charge in [-0.1, -0.05) is 0 Å². The van der Waals surface area contributed by atoms with Gasteiger partial charge in [0.2, 0.25) is 5.88 Å². The van der Waals surface area contributed by atoms with E-state index in [4.69, 9.17) is 29.2 Å². The predicted octanol–water partition coefficient (Wildman–Crippen LogP) is 4.86. The number of carbonyl (C=O) groups is 1. The molecule has 5 aromatic rings. The summed E-state index contributed by atoms with van der Waals surface area (Å²) in [6, 6.07) is 11.1. The van der Waals surface area contributed by atoms with E-state index in [-0.39, 0.29) is 6.61 Å². The Morgan fingerprint density at radius 3 is 2.87 bits per heavy atom. The Kier molecular flexibility index (Phi) is 6.05. The number of rotatable bonds is 4. The molecular formula is C27H20N6O5S. The normalized spacial score (nSPS) is 14.2. The second-order valence-electron chi connectivity index (χ2n) is 8.70. The number of methoxy groups -OCH3 is 1. The monoisotopic (exact) mass is 540 g/mol. The molecule has 0 saturated carbocycles. The Morgan fingerprint density at radius 2 is 2.05 bits per heavy atom. The lowest BCUT2D eigenvalue weighted by molar-refractivity contribution is -0.0717. The number of thiazole rings is 1. The summed E-state index contributed by atoms with van der Waals surface area (Å²) in [6.45, 7) is 1.99. The van der Waals surface area contributed by atoms with Crippen LogP contribution in [-0.2, 0) is 4.74 Å². The number of benzene rings is 2. The van der Waals surface area contributed by atoms with E-state index in [2.05, 4.69) is 15.0 Å². The second-order valence-corrected chi connectivity index (χ2v) is 9.70. The Hall–Kier alpha value is -5.02. The van der Waals surface area contributed by atoms with E-state index in [0.29, 0.717) is 28.6 Å². The highest BCUT2D eigenvalue weighted by Gasteiger charge is 2.29. The molecule has 39 heavy (non-hydrogen) atoms. The number of anilines is 1. The molecule has 6 rings (SSSR count). The van der Waals surface area contributed by atoms with Gasteiger partial charge >= 0.3 is 6.09 Å². The Balaban J connectivity index is 1.26. The molecule has 0 bridgehead atoms. The third-order valence-corrected chi connectivity index (χ3v) is 7.16. The Bertz CT molecular complexity index is 1800. The van der Waals surface area contributed by atoms with Crippen LogP contribution < -0.4 is 19.1 Å². The summed E-state index contributed by atoms with van der Waals surface area (Å²) in [5.41, 5.74) is 4.81. The lowest BCUT2D eigenvalue weighted by Gasteiger charge is -2.27. The van der Waals surface area contributed by atoms with Crippen LogP contribution in [0.4, 0.5) is 10.5 Å². The fraction of sp³-hybridized carbons (Fsp3) is 0.185. The van der Waals surface area contributed by atoms with E-state index in [9.17, 15) is 4.79 Å². The number of carbonyl (C=O) groups excluding carboxylic acids is 1. The van der Waals surface area contributed by atoms with E-state index in [1.165, 1.54) is 35.7 Å². The van der Waals surface area contributed by atoms with Crippen LogP contribution in [0.1, 0.15) is 11.1 Å². The van der Waals surface area contributed by atoms with Crippen molar-refractivity contribution in [2.45, 2.75) is 13.2 Å². The van der Waals surface area contributed by atoms with Crippen molar-refractivity contribution in [2.75, 3.05) is 25.7 Å². The Labute approximate surface area is 226 Å². The molecule has 0 unspecified atom stereocenters. The standard InChI is InChI=1S/C27H20N6O5S/c1-14-6-17(23-19(7-14)31-21(35-3)12-30-23)26-32-18-4-5-20-24(25(18)39-26)36-13-22(37-20)38-27(34)33(2)16-8-15(9-28)10-29-11-16/h4-8,10-12,22H,13H2,1-3H3/t22-/m1/s1. The van der Waals surface area contributed by atoms with Crippen molar-refractivity contribution < 1.29 is 23.7 Å². The van der Waals surface area contributed by atoms with Gasteiger partial charge in [-0.15, -0.1) is 11.3 Å². The zero-order chi connectivity index (χ0) is 27.1. The van der Waals surface area contributed by atoms with Gasteiger partial charge in [0.15, 0.2) is 18.1 Å². The first-order valence-corrected chi connectivity index (χ1v) is 12.6. The van der Waals surface area contributed by atoms with Crippen LogP contribution >= 0.6 is 11.3 Å². The van der Waals surface area contributed by atoms with Gasteiger partial charge in [-0.3, -0.25) is 9.88 Å². The molecule has 1 amide bonds. The molecule has 0 fully saturated rings. The van der Waals surface area contributed by atoms with E-state index in [1.54, 1.807) is 25.4 Å². The molecule has 4 heterocycles. The van der Waals surface area contributed by atoms with Gasteiger partial charge in [0.25, 0.3) is 6.29 Å². The van der Waals surface area contributed by atoms with Crippen molar-refractivity contribution in [1.29, 1.82) is 5.26 Å². The molecule has 1 aliphatic rings. The minimum absolute atomic E-state index is 0.00589. The van der Waals surface area contributed by atoms with Gasteiger partial charge in [0.05, 0.1) is 47.3 Å². The molecule has 11 nitrogen and oxygen atoms in total. The fourth-order valence-electron chi connectivity index (χ4n) is 4.16. The number of fused-ring (bicyclic) bond motifs is 4. The minimum Gasteiger partial charge on any atom is -0.480 e. The predicted molar refractivity (Wildman–Crippen MR) is 143 cm³/mol. The van der Waals surface area contributed by atoms with E-state index < -0.39 is 12.4 Å². The van der Waals surface area contributed by atoms with Gasteiger partial charge in [0.1, 0.15) is 15.8 Å². The smallest absolute Gasteiger partial charge is 0.417 e. The highest BCUT2D eigenvalue weighted by atomic mass is 32.1. The minimum atomic E-state index is -0.963. The SMILES string of the molecule is COc1cnc2c(-c3nc4ccc5c(c4s3)OC[C@@H](OC(=O)N(C)c3cncc(C#N)c3)O5)cc(C)cc2n1. The zero-order valence-corrected chi connectivity index (χ0v) is 21.9. The summed E-state index contributed by atoms with van der Waals surface area (Å²) in [5.74, 6) is 1.42. The largest absolute Gasteiger partial charge is 0.480 e. The average molecular weight is 541 g/mol. The molecule has 0 radical (unpaired) electrons. The van der Waals surface area contributed by atoms with Crippen molar-refractivity contribution in [1.82, 2.24) is 19.9 Å². The first-order chi connectivity index (χ1) is 18.9. The van der Waals surface area contributed by atoms with Crippen LogP contribution in [0.3, 0.4) is 0 Å². The van der Waals surface area contributed by atoms with Crippen LogP contribution in [0, 0.1) is 18.3 Å². The average Bonchev–Trinajstić information content (AvgIpc) is 3.40. The molecule has 1 aliphatic heterocycles. The van der Waals surface area contributed by atoms with Crippen molar-refractivity contribution >= 4 is 44.4 Å². The topological polar surface area (TPSA) is 133 Å². The molecule has 194 valence electrons. The molecule has 0 spiro atoms. The van der Waals surface area contributed by atoms with Gasteiger partial charge in [-0.25, -0.2) is 19.7 Å². The maximum absolute atomic E-state index is 12.7. The number of hydrogen-bond acceptors (Lipinski definition) is 11. The summed E-state index contributed by atoms with van der Waals surface area (Å²) in [7, 11) is 3.08. The first kappa shape index (κ1) is 24.3. The second kappa shape index (κ2) is 9.70. The van der Waals surface area contributed by atoms with E-state index in [0.717, 1.165) is 37.4 Å². The molecule has 1 atom stereocenters. The third kappa shape index (κ3) is 4.49. The highest BCUT2D eigenvalue weighted by molar-refractivity contribution is 7.22. The summed E-state index contributed by atoms with van der Waals surface area (Å²) >= 11 is 1.45. The van der Waals surface area contributed by atoms with Crippen LogP contribution in [0.2, 0.25) is 0 Å². The van der Waals surface area contributed by atoms with Crippen molar-refractivity contribution in [2.24, 2.45) is 0 Å². The summed E-state index contributed by atoms with van der Waals surface area (Å²) in [4.78, 5) is 31.8. The van der Waals surface area contributed by atoms with E-state index >= 15 is 0 Å².